The van der Waals surface area contributed by atoms with Gasteiger partial charge in [0, 0.05) is 25.9 Å². The van der Waals surface area contributed by atoms with Crippen LogP contribution in [0.5, 0.6) is 0 Å². The molecule has 0 bridgehead atoms. The van der Waals surface area contributed by atoms with E-state index >= 15 is 0 Å². The molecule has 0 aliphatic rings. The number of carboxylic acids is 1. The van der Waals surface area contributed by atoms with Crippen molar-refractivity contribution >= 4 is 17.8 Å². The normalized spacial score (nSPS) is 10.1. The maximum Gasteiger partial charge on any atom is 0.335 e. The molecule has 0 fully saturated rings. The van der Waals surface area contributed by atoms with Crippen LogP contribution in [0.25, 0.3) is 0 Å². The summed E-state index contributed by atoms with van der Waals surface area (Å²) in [6.07, 6.45) is 2.66. The lowest BCUT2D eigenvalue weighted by atomic mass is 10.1. The van der Waals surface area contributed by atoms with Crippen LogP contribution in [0, 0.1) is 0 Å². The van der Waals surface area contributed by atoms with Crippen molar-refractivity contribution in [2.24, 2.45) is 0 Å². The number of hydrogen-bond donors (Lipinski definition) is 3. The number of benzene rings is 1. The smallest absolute Gasteiger partial charge is 0.335 e. The predicted octanol–water partition coefficient (Wildman–Crippen LogP) is 1.74. The summed E-state index contributed by atoms with van der Waals surface area (Å²) in [7, 11) is 0. The summed E-state index contributed by atoms with van der Waals surface area (Å²) in [4.78, 5) is 33.9. The van der Waals surface area contributed by atoms with Gasteiger partial charge in [-0.1, -0.05) is 19.1 Å². The van der Waals surface area contributed by atoms with Gasteiger partial charge in [-0.15, -0.1) is 0 Å². The van der Waals surface area contributed by atoms with E-state index in [0.29, 0.717) is 38.8 Å². The molecule has 0 unspecified atom stereocenters. The van der Waals surface area contributed by atoms with Crippen molar-refractivity contribution in [3.63, 3.8) is 0 Å². The molecular weight excluding hydrogens is 296 g/mol. The molecule has 0 heterocycles. The van der Waals surface area contributed by atoms with Crippen LogP contribution in [-0.4, -0.2) is 36.0 Å². The van der Waals surface area contributed by atoms with Gasteiger partial charge in [0.05, 0.1) is 5.56 Å². The first-order valence-electron chi connectivity index (χ1n) is 7.88. The van der Waals surface area contributed by atoms with E-state index in [1.165, 1.54) is 6.07 Å². The van der Waals surface area contributed by atoms with Gasteiger partial charge in [0.1, 0.15) is 0 Å². The maximum atomic E-state index is 11.7. The average Bonchev–Trinajstić information content (AvgIpc) is 2.53. The molecule has 6 nitrogen and oxygen atoms in total. The van der Waals surface area contributed by atoms with Crippen LogP contribution >= 0.6 is 0 Å². The van der Waals surface area contributed by atoms with Gasteiger partial charge in [0.15, 0.2) is 0 Å². The number of hydrogen-bond acceptors (Lipinski definition) is 3. The molecule has 0 saturated heterocycles. The van der Waals surface area contributed by atoms with Crippen LogP contribution in [0.1, 0.15) is 48.5 Å². The first kappa shape index (κ1) is 18.7. The molecule has 0 spiro atoms. The predicted molar refractivity (Wildman–Crippen MR) is 87.3 cm³/mol. The first-order valence-corrected chi connectivity index (χ1v) is 7.88. The van der Waals surface area contributed by atoms with Crippen molar-refractivity contribution in [3.8, 4) is 0 Å². The van der Waals surface area contributed by atoms with E-state index in [1.54, 1.807) is 12.1 Å². The molecular formula is C17H24N2O4. The topological polar surface area (TPSA) is 95.5 Å². The summed E-state index contributed by atoms with van der Waals surface area (Å²) in [5, 5.41) is 14.5. The summed E-state index contributed by atoms with van der Waals surface area (Å²) >= 11 is 0. The lowest BCUT2D eigenvalue weighted by Gasteiger charge is -2.06. The minimum atomic E-state index is -0.961. The second-order valence-electron chi connectivity index (χ2n) is 5.31. The fourth-order valence-corrected chi connectivity index (χ4v) is 2.06. The van der Waals surface area contributed by atoms with Crippen molar-refractivity contribution in [1.82, 2.24) is 10.6 Å². The monoisotopic (exact) mass is 320 g/mol. The van der Waals surface area contributed by atoms with Crippen LogP contribution < -0.4 is 10.6 Å². The van der Waals surface area contributed by atoms with Gasteiger partial charge in [-0.25, -0.2) is 4.79 Å². The molecule has 0 atom stereocenters. The Hall–Kier alpha value is -2.37. The van der Waals surface area contributed by atoms with Gasteiger partial charge in [-0.3, -0.25) is 9.59 Å². The van der Waals surface area contributed by atoms with Gasteiger partial charge in [0.2, 0.25) is 11.8 Å². The lowest BCUT2D eigenvalue weighted by molar-refractivity contribution is -0.122. The minimum absolute atomic E-state index is 0.0230. The number of aromatic carboxylic acids is 1. The molecule has 1 aromatic carbocycles. The molecule has 2 amide bonds. The Morgan fingerprint density at radius 3 is 2.30 bits per heavy atom. The third kappa shape index (κ3) is 7.99. The molecule has 126 valence electrons. The van der Waals surface area contributed by atoms with Crippen LogP contribution in [0.15, 0.2) is 24.3 Å². The lowest BCUT2D eigenvalue weighted by Crippen LogP contribution is -2.27. The van der Waals surface area contributed by atoms with Crippen molar-refractivity contribution in [2.45, 2.75) is 39.0 Å². The SMILES string of the molecule is CCCNC(=O)CCCC(=O)NCCc1cccc(C(=O)O)c1. The number of amides is 2. The number of carbonyl (C=O) groups excluding carboxylic acids is 2. The molecule has 0 saturated carbocycles. The summed E-state index contributed by atoms with van der Waals surface area (Å²) < 4.78 is 0. The van der Waals surface area contributed by atoms with E-state index in [0.717, 1.165) is 12.0 Å². The van der Waals surface area contributed by atoms with E-state index in [-0.39, 0.29) is 17.4 Å². The highest BCUT2D eigenvalue weighted by molar-refractivity contribution is 5.87. The van der Waals surface area contributed by atoms with E-state index in [2.05, 4.69) is 10.6 Å². The summed E-state index contributed by atoms with van der Waals surface area (Å²) in [6, 6.07) is 6.66. The molecule has 1 aromatic rings. The van der Waals surface area contributed by atoms with E-state index in [1.807, 2.05) is 13.0 Å². The Bertz CT molecular complexity index is 543. The molecule has 3 N–H and O–H groups in total. The van der Waals surface area contributed by atoms with Gasteiger partial charge in [0.25, 0.3) is 0 Å². The quantitative estimate of drug-likeness (QED) is 0.612. The fraction of sp³-hybridized carbons (Fsp3) is 0.471. The van der Waals surface area contributed by atoms with Crippen molar-refractivity contribution in [2.75, 3.05) is 13.1 Å². The second kappa shape index (κ2) is 10.4. The molecule has 6 heteroatoms. The van der Waals surface area contributed by atoms with E-state index in [9.17, 15) is 14.4 Å². The third-order valence-corrected chi connectivity index (χ3v) is 3.29. The number of nitrogens with one attached hydrogen (secondary N) is 2. The molecule has 23 heavy (non-hydrogen) atoms. The first-order chi connectivity index (χ1) is 11.0. The average molecular weight is 320 g/mol. The van der Waals surface area contributed by atoms with E-state index < -0.39 is 5.97 Å². The largest absolute Gasteiger partial charge is 0.478 e. The molecule has 1 rings (SSSR count). The maximum absolute atomic E-state index is 11.7. The van der Waals surface area contributed by atoms with Crippen LogP contribution in [0.2, 0.25) is 0 Å². The number of rotatable bonds is 10. The van der Waals surface area contributed by atoms with Gasteiger partial charge in [-0.2, -0.15) is 0 Å². The highest BCUT2D eigenvalue weighted by Crippen LogP contribution is 2.05. The Kier molecular flexibility index (Phi) is 8.42. The fourth-order valence-electron chi connectivity index (χ4n) is 2.06. The molecule has 0 aromatic heterocycles. The van der Waals surface area contributed by atoms with Gasteiger partial charge < -0.3 is 15.7 Å². The number of carbonyl (C=O) groups is 3. The molecule has 0 aliphatic carbocycles. The van der Waals surface area contributed by atoms with Crippen LogP contribution in [0.4, 0.5) is 0 Å². The summed E-state index contributed by atoms with van der Waals surface area (Å²) in [5.41, 5.74) is 1.11. The highest BCUT2D eigenvalue weighted by Gasteiger charge is 2.06. The van der Waals surface area contributed by atoms with Crippen LogP contribution in [0.3, 0.4) is 0 Å². The van der Waals surface area contributed by atoms with Crippen LogP contribution in [-0.2, 0) is 16.0 Å². The Morgan fingerprint density at radius 1 is 1.04 bits per heavy atom. The third-order valence-electron chi connectivity index (χ3n) is 3.29. The summed E-state index contributed by atoms with van der Waals surface area (Å²) in [6.45, 7) is 3.10. The zero-order valence-corrected chi connectivity index (χ0v) is 13.4. The minimum Gasteiger partial charge on any atom is -0.478 e. The zero-order valence-electron chi connectivity index (χ0n) is 13.4. The summed E-state index contributed by atoms with van der Waals surface area (Å²) in [5.74, 6) is -1.08. The van der Waals surface area contributed by atoms with Gasteiger partial charge >= 0.3 is 5.97 Å². The van der Waals surface area contributed by atoms with E-state index in [4.69, 9.17) is 5.11 Å². The van der Waals surface area contributed by atoms with Crippen molar-refractivity contribution in [1.29, 1.82) is 0 Å². The Morgan fingerprint density at radius 2 is 1.70 bits per heavy atom. The van der Waals surface area contributed by atoms with Crippen molar-refractivity contribution < 1.29 is 19.5 Å². The highest BCUT2D eigenvalue weighted by atomic mass is 16.4. The van der Waals surface area contributed by atoms with Crippen molar-refractivity contribution in [3.05, 3.63) is 35.4 Å². The zero-order chi connectivity index (χ0) is 17.1. The number of carboxylic acid groups (broad SMARTS) is 1. The van der Waals surface area contributed by atoms with Gasteiger partial charge in [-0.05, 0) is 37.0 Å². The molecule has 0 aliphatic heterocycles. The standard InChI is InChI=1S/C17H24N2O4/c1-2-10-18-15(20)7-4-8-16(21)19-11-9-13-5-3-6-14(12-13)17(22)23/h3,5-6,12H,2,4,7-11H2,1H3,(H,18,20)(H,19,21)(H,22,23). The second-order valence-corrected chi connectivity index (χ2v) is 5.31. The Balaban J connectivity index is 2.20. The molecule has 0 radical (unpaired) electrons. The Labute approximate surface area is 136 Å².